The van der Waals surface area contributed by atoms with Crippen molar-refractivity contribution in [2.75, 3.05) is 66.8 Å². The summed E-state index contributed by atoms with van der Waals surface area (Å²) in [5, 5.41) is 4.42. The molecule has 0 aliphatic carbocycles. The molecule has 5 heterocycles. The fourth-order valence-electron chi connectivity index (χ4n) is 6.73. The fraction of sp³-hybridized carbons (Fsp3) is 0.250. The largest absolute Gasteiger partial charge is 0.424 e. The van der Waals surface area contributed by atoms with Gasteiger partial charge in [-0.05, 0) is 73.2 Å². The summed E-state index contributed by atoms with van der Waals surface area (Å²) < 4.78 is 11.4. The van der Waals surface area contributed by atoms with Gasteiger partial charge >= 0.3 is 11.6 Å². The number of aryl methyl sites for hydroxylation is 1. The summed E-state index contributed by atoms with van der Waals surface area (Å²) in [6.45, 7) is 5.78. The summed E-state index contributed by atoms with van der Waals surface area (Å²) in [5.74, 6) is 1.99. The van der Waals surface area contributed by atoms with Crippen LogP contribution >= 0.6 is 35.0 Å². The molecule has 13 nitrogen and oxygen atoms in total. The Morgan fingerprint density at radius 3 is 2.46 bits per heavy atom. The molecule has 6 aromatic rings. The highest BCUT2D eigenvalue weighted by atomic mass is 35.5. The van der Waals surface area contributed by atoms with Gasteiger partial charge in [-0.15, -0.1) is 11.8 Å². The maximum Gasteiger partial charge on any atom is 0.336 e. The number of pyridine rings is 1. The molecule has 2 atom stereocenters. The van der Waals surface area contributed by atoms with Crippen LogP contribution in [0.15, 0.2) is 100 Å². The number of nitrogens with zero attached hydrogens (tertiary/aromatic N) is 8. The molecule has 8 rings (SSSR count). The highest BCUT2D eigenvalue weighted by Crippen LogP contribution is 2.48. The van der Waals surface area contributed by atoms with Crippen LogP contribution in [0.4, 0.5) is 29.1 Å². The van der Waals surface area contributed by atoms with E-state index in [1.54, 1.807) is 40.9 Å². The van der Waals surface area contributed by atoms with Gasteiger partial charge in [0.05, 0.1) is 5.25 Å². The normalized spacial score (nSPS) is 17.4. The van der Waals surface area contributed by atoms with Crippen LogP contribution in [0.1, 0.15) is 16.5 Å². The number of thioether (sulfide) groups is 1. The average molecular weight is 811 g/mol. The lowest BCUT2D eigenvalue weighted by molar-refractivity contribution is -0.118. The number of amides is 1. The van der Waals surface area contributed by atoms with E-state index in [4.69, 9.17) is 32.4 Å². The highest BCUT2D eigenvalue weighted by Gasteiger charge is 2.43. The van der Waals surface area contributed by atoms with Gasteiger partial charge in [0, 0.05) is 97.5 Å². The molecule has 286 valence electrons. The van der Waals surface area contributed by atoms with Gasteiger partial charge in [0.1, 0.15) is 22.5 Å². The molecule has 0 saturated carbocycles. The number of rotatable bonds is 10. The minimum Gasteiger partial charge on any atom is -0.424 e. The van der Waals surface area contributed by atoms with E-state index in [1.165, 1.54) is 6.07 Å². The highest BCUT2D eigenvalue weighted by molar-refractivity contribution is 8.01. The van der Waals surface area contributed by atoms with Crippen molar-refractivity contribution in [1.29, 1.82) is 0 Å². The Hall–Kier alpha value is -5.41. The van der Waals surface area contributed by atoms with Gasteiger partial charge in [-0.2, -0.15) is 15.0 Å². The maximum atomic E-state index is 14.3. The summed E-state index contributed by atoms with van der Waals surface area (Å²) in [7, 11) is 3.63. The van der Waals surface area contributed by atoms with Crippen LogP contribution in [0.2, 0.25) is 10.0 Å². The monoisotopic (exact) mass is 809 g/mol. The number of aromatic nitrogens is 4. The zero-order valence-corrected chi connectivity index (χ0v) is 33.1. The van der Waals surface area contributed by atoms with Crippen molar-refractivity contribution in [2.24, 2.45) is 0 Å². The summed E-state index contributed by atoms with van der Waals surface area (Å²) in [6.07, 6.45) is 1.81. The number of benzene rings is 3. The number of anilines is 5. The molecule has 16 heteroatoms. The molecule has 0 bridgehead atoms. The number of halogens is 2. The van der Waals surface area contributed by atoms with Crippen molar-refractivity contribution in [1.82, 2.24) is 24.8 Å². The van der Waals surface area contributed by atoms with E-state index in [0.717, 1.165) is 54.2 Å². The minimum absolute atomic E-state index is 0.0110. The molecule has 2 aliphatic heterocycles. The van der Waals surface area contributed by atoms with Crippen LogP contribution in [0.25, 0.3) is 11.0 Å². The summed E-state index contributed by atoms with van der Waals surface area (Å²) in [5.41, 5.74) is 2.98. The SMILES string of the molecule is Cc1cc(=O)oc2cc(Oc3nc(Nc4ccc(N5C(=O)C(CN6CCN(c7ccccn7)CC6)SC5c5ccc(Cl)cc5Cl)cc4)nc(N(C)C)n3)ccc12. The Bertz CT molecular complexity index is 2450. The van der Waals surface area contributed by atoms with Gasteiger partial charge in [-0.3, -0.25) is 14.6 Å². The van der Waals surface area contributed by atoms with E-state index in [2.05, 4.69) is 35.1 Å². The molecule has 2 aliphatic rings. The lowest BCUT2D eigenvalue weighted by Gasteiger charge is -2.36. The van der Waals surface area contributed by atoms with E-state index >= 15 is 0 Å². The number of carbonyl (C=O) groups is 1. The first-order chi connectivity index (χ1) is 27.1. The van der Waals surface area contributed by atoms with Crippen LogP contribution in [0.3, 0.4) is 0 Å². The van der Waals surface area contributed by atoms with Gasteiger partial charge in [0.15, 0.2) is 0 Å². The van der Waals surface area contributed by atoms with Gasteiger partial charge in [-0.25, -0.2) is 9.78 Å². The van der Waals surface area contributed by atoms with Gasteiger partial charge < -0.3 is 24.3 Å². The quantitative estimate of drug-likeness (QED) is 0.137. The van der Waals surface area contributed by atoms with E-state index in [0.29, 0.717) is 39.6 Å². The number of fused-ring (bicyclic) bond motifs is 1. The van der Waals surface area contributed by atoms with Gasteiger partial charge in [0.25, 0.3) is 0 Å². The van der Waals surface area contributed by atoms with Crippen molar-refractivity contribution >= 4 is 80.9 Å². The fourth-order valence-corrected chi connectivity index (χ4v) is 8.85. The smallest absolute Gasteiger partial charge is 0.336 e. The molecule has 3 aromatic carbocycles. The summed E-state index contributed by atoms with van der Waals surface area (Å²) in [4.78, 5) is 52.5. The van der Waals surface area contributed by atoms with Crippen LogP contribution in [0, 0.1) is 6.92 Å². The second-order valence-corrected chi connectivity index (χ2v) is 15.8. The molecule has 2 fully saturated rings. The molecular weight excluding hydrogens is 773 g/mol. The van der Waals surface area contributed by atoms with Crippen molar-refractivity contribution in [3.05, 3.63) is 123 Å². The number of ether oxygens (including phenoxy) is 1. The lowest BCUT2D eigenvalue weighted by Crippen LogP contribution is -2.49. The first-order valence-corrected chi connectivity index (χ1v) is 19.6. The molecule has 3 aromatic heterocycles. The lowest BCUT2D eigenvalue weighted by atomic mass is 10.1. The Balaban J connectivity index is 1.01. The van der Waals surface area contributed by atoms with Crippen LogP contribution in [-0.2, 0) is 4.79 Å². The summed E-state index contributed by atoms with van der Waals surface area (Å²) >= 11 is 14.6. The molecule has 0 spiro atoms. The van der Waals surface area contributed by atoms with Crippen LogP contribution in [0.5, 0.6) is 11.8 Å². The molecule has 1 N–H and O–H groups in total. The van der Waals surface area contributed by atoms with Crippen molar-refractivity contribution in [3.63, 3.8) is 0 Å². The van der Waals surface area contributed by atoms with Crippen LogP contribution in [-0.4, -0.2) is 82.8 Å². The zero-order chi connectivity index (χ0) is 38.9. The second-order valence-electron chi connectivity index (χ2n) is 13.6. The predicted octanol–water partition coefficient (Wildman–Crippen LogP) is 7.56. The molecule has 1 amide bonds. The van der Waals surface area contributed by atoms with Crippen LogP contribution < -0.4 is 30.4 Å². The van der Waals surface area contributed by atoms with Crippen molar-refractivity contribution in [2.45, 2.75) is 17.5 Å². The first kappa shape index (κ1) is 37.5. The Morgan fingerprint density at radius 2 is 1.73 bits per heavy atom. The predicted molar refractivity (Wildman–Crippen MR) is 222 cm³/mol. The van der Waals surface area contributed by atoms with E-state index in [9.17, 15) is 9.59 Å². The summed E-state index contributed by atoms with van der Waals surface area (Å²) in [6, 6.07) is 25.6. The van der Waals surface area contributed by atoms with Gasteiger partial charge in [0.2, 0.25) is 17.8 Å². The number of hydrogen-bond acceptors (Lipinski definition) is 13. The third-order valence-electron chi connectivity index (χ3n) is 9.58. The number of piperazine rings is 1. The molecule has 2 unspecified atom stereocenters. The third-order valence-corrected chi connectivity index (χ3v) is 11.5. The van der Waals surface area contributed by atoms with Crippen molar-refractivity contribution < 1.29 is 13.9 Å². The molecule has 56 heavy (non-hydrogen) atoms. The third kappa shape index (κ3) is 8.10. The average Bonchev–Trinajstić information content (AvgIpc) is 3.50. The van der Waals surface area contributed by atoms with E-state index in [1.807, 2.05) is 86.7 Å². The molecule has 0 radical (unpaired) electrons. The van der Waals surface area contributed by atoms with E-state index in [-0.39, 0.29) is 28.5 Å². The Labute approximate surface area is 337 Å². The second kappa shape index (κ2) is 16.0. The zero-order valence-electron chi connectivity index (χ0n) is 30.7. The molecular formula is C40H37Cl2N9O4S. The number of hydrogen-bond donors (Lipinski definition) is 1. The Kier molecular flexibility index (Phi) is 10.7. The maximum absolute atomic E-state index is 14.3. The van der Waals surface area contributed by atoms with E-state index < -0.39 is 5.63 Å². The van der Waals surface area contributed by atoms with Crippen molar-refractivity contribution in [3.8, 4) is 11.8 Å². The number of carbonyl (C=O) groups excluding carboxylic acids is 1. The molecule has 2 saturated heterocycles. The topological polar surface area (TPSA) is 133 Å². The Morgan fingerprint density at radius 1 is 0.929 bits per heavy atom. The first-order valence-electron chi connectivity index (χ1n) is 17.9. The van der Waals surface area contributed by atoms with Gasteiger partial charge in [-0.1, -0.05) is 35.3 Å². The minimum atomic E-state index is -0.441. The number of nitrogens with one attached hydrogen (secondary N) is 1. The standard InChI is InChI=1S/C40H37Cl2N9O4S/c1-24-20-35(52)55-32-22-28(12-14-29(24)32)54-40-46-38(45-39(47-40)48(2)3)44-26-8-10-27(11-9-26)51-36(53)33(56-37(51)30-13-7-25(41)21-31(30)42)23-49-16-18-50(19-17-49)34-6-4-5-15-43-34/h4-15,20-22,33,37H,16-19,23H2,1-3H3,(H,44,45,46,47).